The van der Waals surface area contributed by atoms with Gasteiger partial charge in [0.1, 0.15) is 11.2 Å². The van der Waals surface area contributed by atoms with Gasteiger partial charge in [0.05, 0.1) is 6.54 Å². The fraction of sp³-hybridized carbons (Fsp3) is 0.350. The van der Waals surface area contributed by atoms with E-state index in [-0.39, 0.29) is 17.2 Å². The second kappa shape index (κ2) is 7.38. The SMILES string of the molecule is Cc1nc(C2(NC(=O)c3ccc(=O)n(Cc4ccccc4)n3)CCCC2)no1. The number of carbonyl (C=O) groups is 1. The third-order valence-corrected chi connectivity index (χ3v) is 5.04. The molecule has 0 bridgehead atoms. The summed E-state index contributed by atoms with van der Waals surface area (Å²) in [5, 5.41) is 11.3. The number of amides is 1. The first kappa shape index (κ1) is 18.1. The Labute approximate surface area is 161 Å². The second-order valence-electron chi connectivity index (χ2n) is 7.08. The van der Waals surface area contributed by atoms with E-state index in [2.05, 4.69) is 20.6 Å². The molecule has 1 aliphatic rings. The summed E-state index contributed by atoms with van der Waals surface area (Å²) < 4.78 is 6.41. The van der Waals surface area contributed by atoms with E-state index in [0.29, 0.717) is 18.3 Å². The van der Waals surface area contributed by atoms with Gasteiger partial charge in [0.2, 0.25) is 5.89 Å². The lowest BCUT2D eigenvalue weighted by molar-refractivity contribution is 0.0884. The Morgan fingerprint density at radius 3 is 2.61 bits per heavy atom. The first-order chi connectivity index (χ1) is 13.6. The quantitative estimate of drug-likeness (QED) is 0.729. The molecule has 1 fully saturated rings. The fourth-order valence-electron chi connectivity index (χ4n) is 3.60. The summed E-state index contributed by atoms with van der Waals surface area (Å²) in [6.45, 7) is 2.03. The van der Waals surface area contributed by atoms with Gasteiger partial charge >= 0.3 is 0 Å². The molecule has 4 rings (SSSR count). The monoisotopic (exact) mass is 379 g/mol. The number of aryl methyl sites for hydroxylation is 1. The lowest BCUT2D eigenvalue weighted by atomic mass is 9.96. The summed E-state index contributed by atoms with van der Waals surface area (Å²) in [5.74, 6) is 0.602. The summed E-state index contributed by atoms with van der Waals surface area (Å²) >= 11 is 0. The molecule has 28 heavy (non-hydrogen) atoms. The van der Waals surface area contributed by atoms with Gasteiger partial charge in [0.15, 0.2) is 5.82 Å². The highest BCUT2D eigenvalue weighted by Gasteiger charge is 2.41. The van der Waals surface area contributed by atoms with Gasteiger partial charge in [-0.25, -0.2) is 4.68 Å². The van der Waals surface area contributed by atoms with Gasteiger partial charge in [-0.1, -0.05) is 48.3 Å². The number of rotatable bonds is 5. The van der Waals surface area contributed by atoms with Crippen molar-refractivity contribution in [1.29, 1.82) is 0 Å². The zero-order valence-corrected chi connectivity index (χ0v) is 15.6. The molecule has 144 valence electrons. The highest BCUT2D eigenvalue weighted by atomic mass is 16.5. The maximum atomic E-state index is 12.9. The average molecular weight is 379 g/mol. The number of aromatic nitrogens is 4. The molecule has 0 atom stereocenters. The van der Waals surface area contributed by atoms with Crippen molar-refractivity contribution >= 4 is 5.91 Å². The van der Waals surface area contributed by atoms with E-state index in [1.54, 1.807) is 6.92 Å². The first-order valence-electron chi connectivity index (χ1n) is 9.31. The lowest BCUT2D eigenvalue weighted by Crippen LogP contribution is -2.45. The van der Waals surface area contributed by atoms with Gasteiger partial charge in [-0.2, -0.15) is 10.1 Å². The minimum atomic E-state index is -0.656. The maximum absolute atomic E-state index is 12.9. The molecule has 1 N–H and O–H groups in total. The van der Waals surface area contributed by atoms with Crippen LogP contribution in [0.4, 0.5) is 0 Å². The van der Waals surface area contributed by atoms with Crippen molar-refractivity contribution in [1.82, 2.24) is 25.2 Å². The van der Waals surface area contributed by atoms with E-state index in [1.165, 1.54) is 16.8 Å². The Kier molecular flexibility index (Phi) is 4.77. The van der Waals surface area contributed by atoms with Gasteiger partial charge in [-0.3, -0.25) is 9.59 Å². The Bertz CT molecular complexity index is 1040. The highest BCUT2D eigenvalue weighted by Crippen LogP contribution is 2.37. The van der Waals surface area contributed by atoms with Crippen LogP contribution in [0.1, 0.15) is 53.5 Å². The van der Waals surface area contributed by atoms with E-state index < -0.39 is 5.54 Å². The molecule has 2 aromatic heterocycles. The van der Waals surface area contributed by atoms with Crippen molar-refractivity contribution in [2.24, 2.45) is 0 Å². The lowest BCUT2D eigenvalue weighted by Gasteiger charge is -2.26. The fourth-order valence-corrected chi connectivity index (χ4v) is 3.60. The average Bonchev–Trinajstić information content (AvgIpc) is 3.34. The minimum absolute atomic E-state index is 0.182. The second-order valence-corrected chi connectivity index (χ2v) is 7.08. The van der Waals surface area contributed by atoms with Crippen LogP contribution in [-0.4, -0.2) is 25.8 Å². The Hall–Kier alpha value is -3.29. The van der Waals surface area contributed by atoms with E-state index in [9.17, 15) is 9.59 Å². The number of hydrogen-bond acceptors (Lipinski definition) is 6. The van der Waals surface area contributed by atoms with Gasteiger partial charge in [-0.15, -0.1) is 0 Å². The molecule has 1 aromatic carbocycles. The van der Waals surface area contributed by atoms with E-state index in [4.69, 9.17) is 4.52 Å². The van der Waals surface area contributed by atoms with Crippen LogP contribution in [0.25, 0.3) is 0 Å². The van der Waals surface area contributed by atoms with Crippen LogP contribution in [0.5, 0.6) is 0 Å². The molecular weight excluding hydrogens is 358 g/mol. The van der Waals surface area contributed by atoms with Crippen LogP contribution < -0.4 is 10.9 Å². The highest BCUT2D eigenvalue weighted by molar-refractivity contribution is 5.92. The molecule has 8 heteroatoms. The van der Waals surface area contributed by atoms with E-state index >= 15 is 0 Å². The number of hydrogen-bond donors (Lipinski definition) is 1. The molecule has 1 saturated carbocycles. The Morgan fingerprint density at radius 2 is 1.93 bits per heavy atom. The van der Waals surface area contributed by atoms with Crippen molar-refractivity contribution in [3.8, 4) is 0 Å². The topological polar surface area (TPSA) is 103 Å². The maximum Gasteiger partial charge on any atom is 0.272 e. The number of nitrogens with zero attached hydrogens (tertiary/aromatic N) is 4. The number of nitrogens with one attached hydrogen (secondary N) is 1. The Balaban J connectivity index is 1.59. The largest absolute Gasteiger partial charge is 0.340 e. The summed E-state index contributed by atoms with van der Waals surface area (Å²) in [6.07, 6.45) is 3.41. The molecular formula is C20H21N5O3. The van der Waals surface area contributed by atoms with Gasteiger partial charge in [-0.05, 0) is 24.5 Å². The predicted molar refractivity (Wildman–Crippen MR) is 101 cm³/mol. The molecule has 0 unspecified atom stereocenters. The molecule has 2 heterocycles. The van der Waals surface area contributed by atoms with Crippen molar-refractivity contribution < 1.29 is 9.32 Å². The van der Waals surface area contributed by atoms with Crippen molar-refractivity contribution in [2.45, 2.75) is 44.7 Å². The molecule has 1 amide bonds. The molecule has 1 aliphatic carbocycles. The van der Waals surface area contributed by atoms with Crippen molar-refractivity contribution in [2.75, 3.05) is 0 Å². The van der Waals surface area contributed by atoms with Crippen molar-refractivity contribution in [3.63, 3.8) is 0 Å². The summed E-state index contributed by atoms with van der Waals surface area (Å²) in [7, 11) is 0. The van der Waals surface area contributed by atoms with Gasteiger partial charge in [0.25, 0.3) is 11.5 Å². The summed E-state index contributed by atoms with van der Waals surface area (Å²) in [6, 6.07) is 12.3. The molecule has 0 aliphatic heterocycles. The van der Waals surface area contributed by atoms with Crippen molar-refractivity contribution in [3.05, 3.63) is 75.8 Å². The van der Waals surface area contributed by atoms with E-state index in [1.807, 2.05) is 30.3 Å². The number of carbonyl (C=O) groups excluding carboxylic acids is 1. The number of benzene rings is 1. The summed E-state index contributed by atoms with van der Waals surface area (Å²) in [4.78, 5) is 29.4. The molecule has 0 radical (unpaired) electrons. The minimum Gasteiger partial charge on any atom is -0.340 e. The van der Waals surface area contributed by atoms with Crippen LogP contribution >= 0.6 is 0 Å². The normalized spacial score (nSPS) is 15.5. The van der Waals surface area contributed by atoms with Gasteiger partial charge < -0.3 is 9.84 Å². The van der Waals surface area contributed by atoms with Crippen LogP contribution in [0, 0.1) is 6.92 Å². The van der Waals surface area contributed by atoms with Crippen LogP contribution in [0.2, 0.25) is 0 Å². The third-order valence-electron chi connectivity index (χ3n) is 5.04. The predicted octanol–water partition coefficient (Wildman–Crippen LogP) is 2.18. The van der Waals surface area contributed by atoms with E-state index in [0.717, 1.165) is 31.2 Å². The standard InChI is InChI=1S/C20H21N5O3/c1-14-21-19(24-28-14)20(11-5-6-12-20)22-18(27)16-9-10-17(26)25(23-16)13-15-7-3-2-4-8-15/h2-4,7-10H,5-6,11-13H2,1H3,(H,22,27). The van der Waals surface area contributed by atoms with Gasteiger partial charge in [0, 0.05) is 13.0 Å². The molecule has 0 spiro atoms. The zero-order valence-electron chi connectivity index (χ0n) is 15.6. The zero-order chi connectivity index (χ0) is 19.6. The molecule has 8 nitrogen and oxygen atoms in total. The molecule has 0 saturated heterocycles. The van der Waals surface area contributed by atoms with Crippen LogP contribution in [0.3, 0.4) is 0 Å². The van der Waals surface area contributed by atoms with Crippen LogP contribution in [0.15, 0.2) is 51.8 Å². The first-order valence-corrected chi connectivity index (χ1v) is 9.31. The van der Waals surface area contributed by atoms with Crippen LogP contribution in [-0.2, 0) is 12.1 Å². The smallest absolute Gasteiger partial charge is 0.272 e. The Morgan fingerprint density at radius 1 is 1.18 bits per heavy atom. The molecule has 3 aromatic rings. The summed E-state index contributed by atoms with van der Waals surface area (Å²) in [5.41, 5.74) is 0.202. The third kappa shape index (κ3) is 3.58.